The van der Waals surface area contributed by atoms with E-state index in [0.29, 0.717) is 29.3 Å². The number of hydrogen-bond donors (Lipinski definition) is 0. The molecule has 2 aromatic heterocycles. The van der Waals surface area contributed by atoms with E-state index in [9.17, 15) is 17.6 Å². The number of halogens is 4. The fourth-order valence-electron chi connectivity index (χ4n) is 2.82. The summed E-state index contributed by atoms with van der Waals surface area (Å²) in [5.74, 6) is -0.954. The van der Waals surface area contributed by atoms with Gasteiger partial charge in [-0.3, -0.25) is 4.40 Å². The lowest BCUT2D eigenvalue weighted by Crippen LogP contribution is -2.14. The smallest absolute Gasteiger partial charge is 0.272 e. The van der Waals surface area contributed by atoms with Gasteiger partial charge >= 0.3 is 6.18 Å². The summed E-state index contributed by atoms with van der Waals surface area (Å²) in [6.45, 7) is 3.71. The van der Waals surface area contributed by atoms with Gasteiger partial charge in [0.25, 0.3) is 0 Å². The molecule has 0 fully saturated rings. The standard InChI is InChI=1S/C15H8F3N3.C5H11F/c16-15(17,18)14-20-10-6-2-1-5-9(10)13-19-11-7-3-4-8-12(11)21(13)14;1-3-5(6)4-2/h1-8H;5H,3-4H2,1-2H3. The Morgan fingerprint density at radius 2 is 1.48 bits per heavy atom. The molecule has 0 radical (unpaired) electrons. The van der Waals surface area contributed by atoms with E-state index in [4.69, 9.17) is 0 Å². The molecule has 2 heterocycles. The van der Waals surface area contributed by atoms with Gasteiger partial charge in [0.2, 0.25) is 5.82 Å². The Morgan fingerprint density at radius 1 is 0.889 bits per heavy atom. The lowest BCUT2D eigenvalue weighted by molar-refractivity contribution is -0.145. The van der Waals surface area contributed by atoms with Crippen molar-refractivity contribution in [2.24, 2.45) is 0 Å². The molecule has 4 aromatic rings. The molecule has 0 N–H and O–H groups in total. The average Bonchev–Trinajstić information content (AvgIpc) is 3.06. The topological polar surface area (TPSA) is 30.2 Å². The molecule has 0 saturated heterocycles. The molecule has 4 rings (SSSR count). The number of rotatable bonds is 2. The van der Waals surface area contributed by atoms with Crippen LogP contribution in [0.4, 0.5) is 17.6 Å². The van der Waals surface area contributed by atoms with Crippen LogP contribution in [0.5, 0.6) is 0 Å². The number of nitrogens with zero attached hydrogens (tertiary/aromatic N) is 3. The number of aromatic nitrogens is 3. The second-order valence-electron chi connectivity index (χ2n) is 6.12. The van der Waals surface area contributed by atoms with Gasteiger partial charge in [-0.25, -0.2) is 14.4 Å². The molecular formula is C20H19F4N3. The molecule has 0 bridgehead atoms. The summed E-state index contributed by atoms with van der Waals surface area (Å²) >= 11 is 0. The zero-order chi connectivity index (χ0) is 19.6. The van der Waals surface area contributed by atoms with Gasteiger partial charge in [0, 0.05) is 5.39 Å². The third-order valence-corrected chi connectivity index (χ3v) is 4.28. The summed E-state index contributed by atoms with van der Waals surface area (Å²) in [5, 5.41) is 0.599. The van der Waals surface area contributed by atoms with Crippen LogP contribution in [-0.2, 0) is 6.18 Å². The van der Waals surface area contributed by atoms with E-state index in [1.807, 2.05) is 13.8 Å². The van der Waals surface area contributed by atoms with E-state index < -0.39 is 18.2 Å². The number of benzene rings is 2. The summed E-state index contributed by atoms with van der Waals surface area (Å²) in [5.41, 5.74) is 1.47. The Bertz CT molecular complexity index is 1070. The van der Waals surface area contributed by atoms with Crippen LogP contribution in [0.25, 0.3) is 27.6 Å². The SMILES string of the molecule is CCC(F)CC.FC(F)(F)c1nc2ccccc2c2nc3ccccc3n12. The molecule has 142 valence electrons. The predicted molar refractivity (Wildman–Crippen MR) is 98.5 cm³/mol. The minimum absolute atomic E-state index is 0.272. The number of hydrogen-bond acceptors (Lipinski definition) is 2. The molecule has 0 aliphatic rings. The minimum Gasteiger partial charge on any atom is -0.272 e. The quantitative estimate of drug-likeness (QED) is 0.389. The Balaban J connectivity index is 0.000000307. The zero-order valence-electron chi connectivity index (χ0n) is 15.0. The third kappa shape index (κ3) is 3.72. The summed E-state index contributed by atoms with van der Waals surface area (Å²) in [7, 11) is 0. The molecule has 7 heteroatoms. The molecule has 3 nitrogen and oxygen atoms in total. The van der Waals surface area contributed by atoms with Crippen molar-refractivity contribution in [3.63, 3.8) is 0 Å². The summed E-state index contributed by atoms with van der Waals surface area (Å²) < 4.78 is 53.0. The van der Waals surface area contributed by atoms with Crippen molar-refractivity contribution in [3.8, 4) is 0 Å². The van der Waals surface area contributed by atoms with E-state index in [2.05, 4.69) is 9.97 Å². The first-order valence-corrected chi connectivity index (χ1v) is 8.74. The molecule has 0 unspecified atom stereocenters. The monoisotopic (exact) mass is 377 g/mol. The number of imidazole rings is 1. The van der Waals surface area contributed by atoms with Crippen LogP contribution in [0.3, 0.4) is 0 Å². The fraction of sp³-hybridized carbons (Fsp3) is 0.300. The van der Waals surface area contributed by atoms with E-state index in [1.54, 1.807) is 48.5 Å². The first kappa shape index (κ1) is 19.1. The van der Waals surface area contributed by atoms with Crippen LogP contribution in [0, 0.1) is 0 Å². The second-order valence-corrected chi connectivity index (χ2v) is 6.12. The van der Waals surface area contributed by atoms with E-state index in [0.717, 1.165) is 4.40 Å². The maximum Gasteiger partial charge on any atom is 0.450 e. The molecule has 0 saturated carbocycles. The maximum atomic E-state index is 13.3. The third-order valence-electron chi connectivity index (χ3n) is 4.28. The van der Waals surface area contributed by atoms with E-state index in [1.165, 1.54) is 0 Å². The van der Waals surface area contributed by atoms with Crippen LogP contribution in [0.15, 0.2) is 48.5 Å². The van der Waals surface area contributed by atoms with Gasteiger partial charge in [-0.05, 0) is 37.1 Å². The summed E-state index contributed by atoms with van der Waals surface area (Å²) in [4.78, 5) is 8.14. The van der Waals surface area contributed by atoms with Crippen molar-refractivity contribution >= 4 is 27.6 Å². The maximum absolute atomic E-state index is 13.3. The van der Waals surface area contributed by atoms with Gasteiger partial charge < -0.3 is 0 Å². The van der Waals surface area contributed by atoms with Gasteiger partial charge in [0.05, 0.1) is 22.7 Å². The Hall–Kier alpha value is -2.70. The van der Waals surface area contributed by atoms with Gasteiger partial charge in [-0.15, -0.1) is 0 Å². The number of para-hydroxylation sites is 3. The van der Waals surface area contributed by atoms with Crippen molar-refractivity contribution in [2.45, 2.75) is 39.0 Å². The van der Waals surface area contributed by atoms with E-state index >= 15 is 0 Å². The van der Waals surface area contributed by atoms with Gasteiger partial charge in [0.1, 0.15) is 5.65 Å². The van der Waals surface area contributed by atoms with Crippen molar-refractivity contribution in [1.29, 1.82) is 0 Å². The van der Waals surface area contributed by atoms with Crippen molar-refractivity contribution < 1.29 is 17.6 Å². The highest BCUT2D eigenvalue weighted by atomic mass is 19.4. The summed E-state index contributed by atoms with van der Waals surface area (Å²) in [6, 6.07) is 13.4. The van der Waals surface area contributed by atoms with Crippen LogP contribution in [0.2, 0.25) is 0 Å². The first-order valence-electron chi connectivity index (χ1n) is 8.74. The highest BCUT2D eigenvalue weighted by molar-refractivity contribution is 5.96. The van der Waals surface area contributed by atoms with E-state index in [-0.39, 0.29) is 11.2 Å². The predicted octanol–water partition coefficient (Wildman–Crippen LogP) is 6.20. The van der Waals surface area contributed by atoms with Crippen LogP contribution in [0.1, 0.15) is 32.5 Å². The van der Waals surface area contributed by atoms with Gasteiger partial charge in [-0.2, -0.15) is 13.2 Å². The molecule has 0 aliphatic carbocycles. The van der Waals surface area contributed by atoms with Crippen molar-refractivity contribution in [2.75, 3.05) is 0 Å². The molecule has 2 aromatic carbocycles. The molecule has 0 amide bonds. The fourth-order valence-corrected chi connectivity index (χ4v) is 2.82. The second kappa shape index (κ2) is 7.50. The molecule has 0 aliphatic heterocycles. The molecule has 27 heavy (non-hydrogen) atoms. The van der Waals surface area contributed by atoms with Gasteiger partial charge in [-0.1, -0.05) is 38.1 Å². The molecular weight excluding hydrogens is 358 g/mol. The Morgan fingerprint density at radius 3 is 2.07 bits per heavy atom. The first-order chi connectivity index (χ1) is 12.9. The Labute approximate surface area is 153 Å². The lowest BCUT2D eigenvalue weighted by atomic mass is 10.2. The Kier molecular flexibility index (Phi) is 5.30. The molecule has 0 spiro atoms. The van der Waals surface area contributed by atoms with Crippen LogP contribution in [-0.4, -0.2) is 20.5 Å². The minimum atomic E-state index is -4.55. The number of fused-ring (bicyclic) bond motifs is 5. The van der Waals surface area contributed by atoms with Crippen LogP contribution >= 0.6 is 0 Å². The van der Waals surface area contributed by atoms with Crippen LogP contribution < -0.4 is 0 Å². The highest BCUT2D eigenvalue weighted by Crippen LogP contribution is 2.33. The summed E-state index contributed by atoms with van der Waals surface area (Å²) in [6.07, 6.45) is -3.79. The van der Waals surface area contributed by atoms with Crippen molar-refractivity contribution in [3.05, 3.63) is 54.4 Å². The molecule has 0 atom stereocenters. The normalized spacial score (nSPS) is 12.0. The van der Waals surface area contributed by atoms with Gasteiger partial charge in [0.15, 0.2) is 0 Å². The largest absolute Gasteiger partial charge is 0.450 e. The highest BCUT2D eigenvalue weighted by Gasteiger charge is 2.37. The number of alkyl halides is 4. The lowest BCUT2D eigenvalue weighted by Gasteiger charge is -2.11. The zero-order valence-corrected chi connectivity index (χ0v) is 15.0. The van der Waals surface area contributed by atoms with Crippen molar-refractivity contribution in [1.82, 2.24) is 14.4 Å². The average molecular weight is 377 g/mol.